The van der Waals surface area contributed by atoms with Crippen molar-refractivity contribution in [3.63, 3.8) is 0 Å². The summed E-state index contributed by atoms with van der Waals surface area (Å²) in [6, 6.07) is 17.0. The van der Waals surface area contributed by atoms with E-state index in [1.54, 1.807) is 0 Å². The molecule has 0 saturated carbocycles. The van der Waals surface area contributed by atoms with E-state index >= 15 is 0 Å². The van der Waals surface area contributed by atoms with Gasteiger partial charge in [0.15, 0.2) is 0 Å². The average Bonchev–Trinajstić information content (AvgIpc) is 2.67. The van der Waals surface area contributed by atoms with Gasteiger partial charge in [-0.05, 0) is 29.4 Å². The van der Waals surface area contributed by atoms with Crippen molar-refractivity contribution in [3.8, 4) is 0 Å². The Morgan fingerprint density at radius 1 is 0.923 bits per heavy atom. The molecule has 1 aliphatic rings. The fourth-order valence-corrected chi connectivity index (χ4v) is 3.29. The molecule has 0 saturated heterocycles. The molecule has 0 spiro atoms. The Labute approximate surface area is 157 Å². The van der Waals surface area contributed by atoms with Crippen molar-refractivity contribution in [2.45, 2.75) is 46.0 Å². The maximum atomic E-state index is 5.22. The largest absolute Gasteiger partial charge is 0.368 e. The normalized spacial score (nSPS) is 15.2. The van der Waals surface area contributed by atoms with Crippen molar-refractivity contribution in [3.05, 3.63) is 65.2 Å². The first-order valence-corrected chi connectivity index (χ1v) is 9.63. The van der Waals surface area contributed by atoms with E-state index in [1.165, 1.54) is 11.1 Å². The van der Waals surface area contributed by atoms with E-state index in [9.17, 15) is 0 Å². The maximum Gasteiger partial charge on any atom is 0.147 e. The van der Waals surface area contributed by atoms with Gasteiger partial charge in [0.25, 0.3) is 0 Å². The van der Waals surface area contributed by atoms with Gasteiger partial charge < -0.3 is 5.32 Å². The van der Waals surface area contributed by atoms with E-state index in [0.717, 1.165) is 42.3 Å². The van der Waals surface area contributed by atoms with Crippen LogP contribution >= 0.6 is 0 Å². The molecule has 0 atom stereocenters. The van der Waals surface area contributed by atoms with Gasteiger partial charge in [-0.15, -0.1) is 0 Å². The van der Waals surface area contributed by atoms with Crippen LogP contribution < -0.4 is 5.32 Å². The number of para-hydroxylation sites is 1. The maximum absolute atomic E-state index is 5.22. The van der Waals surface area contributed by atoms with Crippen LogP contribution in [0.1, 0.15) is 62.6 Å². The van der Waals surface area contributed by atoms with E-state index in [2.05, 4.69) is 75.5 Å². The fourth-order valence-electron chi connectivity index (χ4n) is 3.29. The number of amidine groups is 1. The third-order valence-corrected chi connectivity index (χ3v) is 4.73. The molecule has 1 heterocycles. The molecular weight excluding hydrogens is 318 g/mol. The van der Waals surface area contributed by atoms with Crippen LogP contribution in [0.4, 0.5) is 5.69 Å². The van der Waals surface area contributed by atoms with Crippen molar-refractivity contribution < 1.29 is 0 Å². The van der Waals surface area contributed by atoms with E-state index in [0.29, 0.717) is 11.8 Å². The van der Waals surface area contributed by atoms with Crippen LogP contribution in [0.2, 0.25) is 0 Å². The first kappa shape index (κ1) is 18.4. The molecule has 0 bridgehead atoms. The molecule has 1 aliphatic heterocycles. The smallest absolute Gasteiger partial charge is 0.147 e. The van der Waals surface area contributed by atoms with Crippen LogP contribution in [0.3, 0.4) is 0 Å². The van der Waals surface area contributed by atoms with Crippen molar-refractivity contribution in [2.75, 3.05) is 13.1 Å². The minimum absolute atomic E-state index is 0.422. The zero-order valence-electron chi connectivity index (χ0n) is 16.3. The van der Waals surface area contributed by atoms with Gasteiger partial charge in [-0.25, -0.2) is 4.99 Å². The van der Waals surface area contributed by atoms with Gasteiger partial charge in [0.2, 0.25) is 0 Å². The molecule has 0 amide bonds. The number of aliphatic imine (C=N–C) groups is 2. The SMILES string of the molecule is CC(C)c1cccc(C(C)C)c1N=C(C1=NCCCN1)c1ccccc1. The third-order valence-electron chi connectivity index (χ3n) is 4.73. The monoisotopic (exact) mass is 347 g/mol. The molecule has 0 aromatic heterocycles. The highest BCUT2D eigenvalue weighted by atomic mass is 15.0. The van der Waals surface area contributed by atoms with Gasteiger partial charge >= 0.3 is 0 Å². The zero-order valence-corrected chi connectivity index (χ0v) is 16.3. The summed E-state index contributed by atoms with van der Waals surface area (Å²) in [4.78, 5) is 9.94. The van der Waals surface area contributed by atoms with Gasteiger partial charge in [0.05, 0.1) is 5.69 Å². The molecule has 3 nitrogen and oxygen atoms in total. The molecule has 2 aromatic carbocycles. The van der Waals surface area contributed by atoms with Gasteiger partial charge in [0.1, 0.15) is 11.5 Å². The summed E-state index contributed by atoms with van der Waals surface area (Å²) in [5.74, 6) is 1.76. The molecule has 0 radical (unpaired) electrons. The summed E-state index contributed by atoms with van der Waals surface area (Å²) in [6.07, 6.45) is 1.07. The Morgan fingerprint density at radius 3 is 2.12 bits per heavy atom. The van der Waals surface area contributed by atoms with Crippen molar-refractivity contribution >= 4 is 17.2 Å². The summed E-state index contributed by atoms with van der Waals surface area (Å²) >= 11 is 0. The first-order chi connectivity index (χ1) is 12.6. The first-order valence-electron chi connectivity index (χ1n) is 9.63. The molecule has 1 N–H and O–H groups in total. The van der Waals surface area contributed by atoms with Crippen molar-refractivity contribution in [1.82, 2.24) is 5.32 Å². The molecule has 26 heavy (non-hydrogen) atoms. The molecule has 0 unspecified atom stereocenters. The minimum atomic E-state index is 0.422. The van der Waals surface area contributed by atoms with Crippen LogP contribution in [-0.4, -0.2) is 24.6 Å². The average molecular weight is 348 g/mol. The molecule has 136 valence electrons. The van der Waals surface area contributed by atoms with Crippen LogP contribution in [0.25, 0.3) is 0 Å². The van der Waals surface area contributed by atoms with E-state index in [1.807, 2.05) is 6.07 Å². The topological polar surface area (TPSA) is 36.8 Å². The molecular formula is C23H29N3. The lowest BCUT2D eigenvalue weighted by Crippen LogP contribution is -2.36. The molecule has 3 heteroatoms. The molecule has 2 aromatic rings. The number of nitrogens with zero attached hydrogens (tertiary/aromatic N) is 2. The Kier molecular flexibility index (Phi) is 5.87. The van der Waals surface area contributed by atoms with Gasteiger partial charge in [0, 0.05) is 18.7 Å². The van der Waals surface area contributed by atoms with Crippen molar-refractivity contribution in [1.29, 1.82) is 0 Å². The molecule has 0 aliphatic carbocycles. The summed E-state index contributed by atoms with van der Waals surface area (Å²) in [5, 5.41) is 3.45. The van der Waals surface area contributed by atoms with E-state index in [4.69, 9.17) is 9.98 Å². The summed E-state index contributed by atoms with van der Waals surface area (Å²) in [6.45, 7) is 10.7. The second-order valence-corrected chi connectivity index (χ2v) is 7.43. The van der Waals surface area contributed by atoms with E-state index < -0.39 is 0 Å². The van der Waals surface area contributed by atoms with Crippen LogP contribution in [0.5, 0.6) is 0 Å². The van der Waals surface area contributed by atoms with Crippen LogP contribution in [0, 0.1) is 0 Å². The standard InChI is InChI=1S/C23H29N3/c1-16(2)19-12-8-13-20(17(3)4)22(19)26-21(18-10-6-5-7-11-18)23-24-14-9-15-25-23/h5-8,10-13,16-17H,9,14-15H2,1-4H3,(H,24,25). The van der Waals surface area contributed by atoms with Gasteiger partial charge in [-0.3, -0.25) is 4.99 Å². The number of hydrogen-bond acceptors (Lipinski definition) is 3. The number of rotatable bonds is 5. The highest BCUT2D eigenvalue weighted by Crippen LogP contribution is 2.35. The second-order valence-electron chi connectivity index (χ2n) is 7.43. The molecule has 0 fully saturated rings. The third kappa shape index (κ3) is 4.04. The van der Waals surface area contributed by atoms with Gasteiger partial charge in [-0.1, -0.05) is 76.2 Å². The van der Waals surface area contributed by atoms with Crippen molar-refractivity contribution in [2.24, 2.45) is 9.98 Å². The fraction of sp³-hybridized carbons (Fsp3) is 0.391. The summed E-state index contributed by atoms with van der Waals surface area (Å²) in [7, 11) is 0. The second kappa shape index (κ2) is 8.31. The lowest BCUT2D eigenvalue weighted by Gasteiger charge is -2.20. The van der Waals surface area contributed by atoms with E-state index in [-0.39, 0.29) is 0 Å². The minimum Gasteiger partial charge on any atom is -0.368 e. The Balaban J connectivity index is 2.21. The number of nitrogens with one attached hydrogen (secondary N) is 1. The summed E-state index contributed by atoms with van der Waals surface area (Å²) in [5.41, 5.74) is 5.74. The number of hydrogen-bond donors (Lipinski definition) is 1. The highest BCUT2D eigenvalue weighted by molar-refractivity contribution is 6.48. The predicted molar refractivity (Wildman–Crippen MR) is 112 cm³/mol. The Hall–Kier alpha value is -2.42. The Morgan fingerprint density at radius 2 is 1.58 bits per heavy atom. The summed E-state index contributed by atoms with van der Waals surface area (Å²) < 4.78 is 0. The van der Waals surface area contributed by atoms with Crippen LogP contribution in [-0.2, 0) is 0 Å². The Bertz CT molecular complexity index is 775. The lowest BCUT2D eigenvalue weighted by atomic mass is 9.92. The quantitative estimate of drug-likeness (QED) is 0.718. The lowest BCUT2D eigenvalue weighted by molar-refractivity contribution is 0.747. The molecule has 3 rings (SSSR count). The van der Waals surface area contributed by atoms with Gasteiger partial charge in [-0.2, -0.15) is 0 Å². The van der Waals surface area contributed by atoms with Crippen LogP contribution in [0.15, 0.2) is 58.5 Å². The number of benzene rings is 2. The zero-order chi connectivity index (χ0) is 18.5. The predicted octanol–water partition coefficient (Wildman–Crippen LogP) is 5.45. The highest BCUT2D eigenvalue weighted by Gasteiger charge is 2.18.